The van der Waals surface area contributed by atoms with Crippen molar-refractivity contribution in [1.82, 2.24) is 16.0 Å². The highest BCUT2D eigenvalue weighted by Gasteiger charge is 2.30. The van der Waals surface area contributed by atoms with Crippen molar-refractivity contribution >= 4 is 47.3 Å². The fourth-order valence-corrected chi connectivity index (χ4v) is 3.70. The molecule has 38 heavy (non-hydrogen) atoms. The molecule has 0 aliphatic rings. The number of aromatic hydroxyl groups is 1. The summed E-state index contributed by atoms with van der Waals surface area (Å²) in [5.74, 6) is -5.60. The molecule has 0 aromatic heterocycles. The van der Waals surface area contributed by atoms with E-state index in [0.717, 1.165) is 0 Å². The summed E-state index contributed by atoms with van der Waals surface area (Å²) in [6, 6.07) is 0.397. The van der Waals surface area contributed by atoms with Gasteiger partial charge in [0.25, 0.3) is 0 Å². The first kappa shape index (κ1) is 32.2. The van der Waals surface area contributed by atoms with E-state index >= 15 is 0 Å². The predicted octanol–water partition coefficient (Wildman–Crippen LogP) is -1.71. The van der Waals surface area contributed by atoms with Gasteiger partial charge in [0, 0.05) is 12.8 Å². The molecule has 4 unspecified atom stereocenters. The van der Waals surface area contributed by atoms with Gasteiger partial charge in [-0.15, -0.1) is 0 Å². The van der Waals surface area contributed by atoms with Crippen LogP contribution in [0.1, 0.15) is 31.2 Å². The minimum atomic E-state index is -1.44. The van der Waals surface area contributed by atoms with E-state index in [1.165, 1.54) is 36.0 Å². The molecule has 0 bridgehead atoms. The molecule has 0 saturated carbocycles. The van der Waals surface area contributed by atoms with Crippen molar-refractivity contribution in [3.05, 3.63) is 29.8 Å². The molecule has 4 atom stereocenters. The van der Waals surface area contributed by atoms with Crippen molar-refractivity contribution < 1.29 is 44.1 Å². The van der Waals surface area contributed by atoms with Crippen LogP contribution in [-0.4, -0.2) is 87.1 Å². The minimum Gasteiger partial charge on any atom is -0.508 e. The number of carbonyl (C=O) groups is 6. The van der Waals surface area contributed by atoms with Gasteiger partial charge in [-0.25, -0.2) is 4.79 Å². The summed E-state index contributed by atoms with van der Waals surface area (Å²) in [5.41, 5.74) is 11.2. The second-order valence-corrected chi connectivity index (χ2v) is 9.37. The lowest BCUT2D eigenvalue weighted by atomic mass is 10.0. The average Bonchev–Trinajstić information content (AvgIpc) is 2.83. The number of aliphatic carboxylic acids is 2. The SMILES string of the molecule is CSCCC(NC(=O)C(Cc1ccc(O)cc1)NC(=O)C(N)CC(=O)O)C(=O)NC(CCC(N)=O)C(=O)O. The van der Waals surface area contributed by atoms with Gasteiger partial charge in [0.05, 0.1) is 12.5 Å². The number of phenols is 1. The van der Waals surface area contributed by atoms with Crippen LogP contribution >= 0.6 is 11.8 Å². The van der Waals surface area contributed by atoms with Gasteiger partial charge >= 0.3 is 11.9 Å². The second-order valence-electron chi connectivity index (χ2n) is 8.38. The molecule has 0 spiro atoms. The minimum absolute atomic E-state index is 0.0274. The zero-order chi connectivity index (χ0) is 28.8. The van der Waals surface area contributed by atoms with E-state index in [9.17, 15) is 39.0 Å². The molecular weight excluding hydrogens is 522 g/mol. The highest BCUT2D eigenvalue weighted by Crippen LogP contribution is 2.12. The topological polar surface area (TPSA) is 251 Å². The Morgan fingerprint density at radius 3 is 1.95 bits per heavy atom. The second kappa shape index (κ2) is 16.1. The molecule has 210 valence electrons. The maximum atomic E-state index is 13.2. The first-order valence-corrected chi connectivity index (χ1v) is 12.9. The van der Waals surface area contributed by atoms with E-state index < -0.39 is 66.2 Å². The molecule has 10 N–H and O–H groups in total. The molecule has 1 aromatic carbocycles. The highest BCUT2D eigenvalue weighted by atomic mass is 32.2. The molecule has 0 radical (unpaired) electrons. The van der Waals surface area contributed by atoms with Crippen LogP contribution in [0.5, 0.6) is 5.75 Å². The Morgan fingerprint density at radius 2 is 1.42 bits per heavy atom. The molecule has 0 fully saturated rings. The molecule has 0 heterocycles. The van der Waals surface area contributed by atoms with Crippen LogP contribution < -0.4 is 27.4 Å². The summed E-state index contributed by atoms with van der Waals surface area (Å²) in [7, 11) is 0. The molecular formula is C23H33N5O9S. The number of amides is 4. The fraction of sp³-hybridized carbons (Fsp3) is 0.478. The number of phenolic OH excluding ortho intramolecular Hbond substituents is 1. The summed E-state index contributed by atoms with van der Waals surface area (Å²) in [5, 5.41) is 35.0. The fourth-order valence-electron chi connectivity index (χ4n) is 3.23. The number of primary amides is 1. The smallest absolute Gasteiger partial charge is 0.326 e. The van der Waals surface area contributed by atoms with Crippen LogP contribution in [-0.2, 0) is 35.2 Å². The van der Waals surface area contributed by atoms with Crippen LogP contribution in [0.25, 0.3) is 0 Å². The molecule has 15 heteroatoms. The number of rotatable bonds is 17. The highest BCUT2D eigenvalue weighted by molar-refractivity contribution is 7.98. The predicted molar refractivity (Wildman–Crippen MR) is 137 cm³/mol. The number of carboxylic acids is 2. The third kappa shape index (κ3) is 11.9. The number of benzene rings is 1. The van der Waals surface area contributed by atoms with Crippen LogP contribution in [0.15, 0.2) is 24.3 Å². The number of thioether (sulfide) groups is 1. The summed E-state index contributed by atoms with van der Waals surface area (Å²) in [4.78, 5) is 72.1. The quantitative estimate of drug-likeness (QED) is 0.107. The molecule has 0 aliphatic heterocycles. The van der Waals surface area contributed by atoms with E-state index in [2.05, 4.69) is 16.0 Å². The zero-order valence-electron chi connectivity index (χ0n) is 20.7. The van der Waals surface area contributed by atoms with Gasteiger partial charge in [-0.2, -0.15) is 11.8 Å². The Bertz CT molecular complexity index is 1010. The van der Waals surface area contributed by atoms with Crippen molar-refractivity contribution in [3.8, 4) is 5.75 Å². The normalized spacial score (nSPS) is 13.8. The van der Waals surface area contributed by atoms with Crippen molar-refractivity contribution in [3.63, 3.8) is 0 Å². The van der Waals surface area contributed by atoms with Gasteiger partial charge in [0.1, 0.15) is 23.9 Å². The third-order valence-corrected chi connectivity index (χ3v) is 5.92. The maximum absolute atomic E-state index is 13.2. The molecule has 0 aliphatic carbocycles. The van der Waals surface area contributed by atoms with Crippen LogP contribution in [0, 0.1) is 0 Å². The Morgan fingerprint density at radius 1 is 0.868 bits per heavy atom. The number of nitrogens with one attached hydrogen (secondary N) is 3. The van der Waals surface area contributed by atoms with Gasteiger partial charge in [0.15, 0.2) is 0 Å². The van der Waals surface area contributed by atoms with Crippen LogP contribution in [0.3, 0.4) is 0 Å². The Hall–Kier alpha value is -3.85. The summed E-state index contributed by atoms with van der Waals surface area (Å²) < 4.78 is 0. The first-order chi connectivity index (χ1) is 17.8. The Labute approximate surface area is 222 Å². The maximum Gasteiger partial charge on any atom is 0.326 e. The number of hydrogen-bond acceptors (Lipinski definition) is 9. The Balaban J connectivity index is 3.12. The van der Waals surface area contributed by atoms with Crippen molar-refractivity contribution in [2.24, 2.45) is 11.5 Å². The first-order valence-electron chi connectivity index (χ1n) is 11.5. The van der Waals surface area contributed by atoms with E-state index in [1.807, 2.05) is 0 Å². The van der Waals surface area contributed by atoms with E-state index in [0.29, 0.717) is 11.3 Å². The molecule has 1 rings (SSSR count). The molecule has 14 nitrogen and oxygen atoms in total. The lowest BCUT2D eigenvalue weighted by Crippen LogP contribution is -2.57. The van der Waals surface area contributed by atoms with Crippen molar-refractivity contribution in [1.29, 1.82) is 0 Å². The standard InChI is InChI=1S/C23H33N5O9S/c1-38-9-8-15(21(34)27-16(23(36)37)6-7-18(25)30)26-22(35)17(10-12-2-4-13(29)5-3-12)28-20(33)14(24)11-19(31)32/h2-5,14-17,29H,6-11,24H2,1H3,(H2,25,30)(H,26,35)(H,27,34)(H,28,33)(H,31,32)(H,36,37). The molecule has 1 aromatic rings. The monoisotopic (exact) mass is 555 g/mol. The van der Waals surface area contributed by atoms with E-state index in [1.54, 1.807) is 6.26 Å². The van der Waals surface area contributed by atoms with Crippen LogP contribution in [0.2, 0.25) is 0 Å². The lowest BCUT2D eigenvalue weighted by Gasteiger charge is -2.25. The van der Waals surface area contributed by atoms with E-state index in [4.69, 9.17) is 16.6 Å². The zero-order valence-corrected chi connectivity index (χ0v) is 21.5. The summed E-state index contributed by atoms with van der Waals surface area (Å²) in [6.45, 7) is 0. The summed E-state index contributed by atoms with van der Waals surface area (Å²) >= 11 is 1.37. The number of carboxylic acid groups (broad SMARTS) is 2. The van der Waals surface area contributed by atoms with Gasteiger partial charge in [-0.3, -0.25) is 24.0 Å². The Kier molecular flexibility index (Phi) is 13.6. The van der Waals surface area contributed by atoms with Crippen molar-refractivity contribution in [2.45, 2.75) is 56.3 Å². The van der Waals surface area contributed by atoms with Crippen LogP contribution in [0.4, 0.5) is 0 Å². The van der Waals surface area contributed by atoms with E-state index in [-0.39, 0.29) is 31.4 Å². The lowest BCUT2D eigenvalue weighted by molar-refractivity contribution is -0.142. The van der Waals surface area contributed by atoms with Gasteiger partial charge in [-0.05, 0) is 42.5 Å². The summed E-state index contributed by atoms with van der Waals surface area (Å²) in [6.07, 6.45) is 0.572. The number of nitrogens with two attached hydrogens (primary N) is 2. The van der Waals surface area contributed by atoms with Crippen molar-refractivity contribution in [2.75, 3.05) is 12.0 Å². The number of carbonyl (C=O) groups excluding carboxylic acids is 4. The van der Waals surface area contributed by atoms with Gasteiger partial charge in [-0.1, -0.05) is 12.1 Å². The van der Waals surface area contributed by atoms with Gasteiger partial charge < -0.3 is 42.7 Å². The number of hydrogen-bond donors (Lipinski definition) is 8. The molecule has 4 amide bonds. The third-order valence-electron chi connectivity index (χ3n) is 5.28. The van der Waals surface area contributed by atoms with Gasteiger partial charge in [0.2, 0.25) is 23.6 Å². The average molecular weight is 556 g/mol. The largest absolute Gasteiger partial charge is 0.508 e. The molecule has 0 saturated heterocycles.